The second kappa shape index (κ2) is 7.88. The number of carbonyl (C=O) groups excluding carboxylic acids is 1. The molecule has 168 valence electrons. The highest BCUT2D eigenvalue weighted by molar-refractivity contribution is 5.96. The van der Waals surface area contributed by atoms with E-state index in [-0.39, 0.29) is 23.1 Å². The van der Waals surface area contributed by atoms with Gasteiger partial charge in [-0.05, 0) is 61.2 Å². The van der Waals surface area contributed by atoms with Gasteiger partial charge >= 0.3 is 0 Å². The molecule has 5 rings (SSSR count). The Labute approximate surface area is 188 Å². The average molecular weight is 448 g/mol. The highest BCUT2D eigenvalue weighted by atomic mass is 19.1. The van der Waals surface area contributed by atoms with Crippen molar-refractivity contribution in [2.24, 2.45) is 0 Å². The molecule has 8 heteroatoms. The SMILES string of the molecule is Cc1ccc(C(=O)NC2CC2)cc1-c1cc2c([nH]c1=O)=C(c1ccc(F)cc1F)N(C)NC=2. The van der Waals surface area contributed by atoms with E-state index in [0.717, 1.165) is 24.5 Å². The van der Waals surface area contributed by atoms with E-state index in [2.05, 4.69) is 15.7 Å². The van der Waals surface area contributed by atoms with Gasteiger partial charge in [-0.25, -0.2) is 8.78 Å². The molecule has 6 nitrogen and oxygen atoms in total. The summed E-state index contributed by atoms with van der Waals surface area (Å²) in [5.41, 5.74) is 5.55. The number of fused-ring (bicyclic) bond motifs is 1. The van der Waals surface area contributed by atoms with Crippen LogP contribution in [0.4, 0.5) is 8.78 Å². The molecular formula is C25H22F2N4O2. The monoisotopic (exact) mass is 448 g/mol. The van der Waals surface area contributed by atoms with Crippen molar-refractivity contribution in [1.82, 2.24) is 20.7 Å². The molecule has 1 saturated carbocycles. The van der Waals surface area contributed by atoms with Gasteiger partial charge in [0.15, 0.2) is 0 Å². The molecule has 0 saturated heterocycles. The lowest BCUT2D eigenvalue weighted by atomic mass is 9.98. The van der Waals surface area contributed by atoms with Gasteiger partial charge in [-0.15, -0.1) is 0 Å². The summed E-state index contributed by atoms with van der Waals surface area (Å²) in [4.78, 5) is 28.5. The molecule has 0 bridgehead atoms. The van der Waals surface area contributed by atoms with E-state index < -0.39 is 11.6 Å². The van der Waals surface area contributed by atoms with Crippen LogP contribution in [0, 0.1) is 18.6 Å². The van der Waals surface area contributed by atoms with Crippen molar-refractivity contribution in [2.75, 3.05) is 7.05 Å². The maximum Gasteiger partial charge on any atom is 0.256 e. The smallest absolute Gasteiger partial charge is 0.256 e. The minimum Gasteiger partial charge on any atom is -0.349 e. The molecule has 1 amide bonds. The van der Waals surface area contributed by atoms with Crippen molar-refractivity contribution in [3.8, 4) is 11.1 Å². The Hall–Kier alpha value is -3.94. The van der Waals surface area contributed by atoms with Crippen molar-refractivity contribution >= 4 is 17.8 Å². The molecule has 33 heavy (non-hydrogen) atoms. The number of pyridine rings is 1. The number of benzene rings is 2. The number of hydrazine groups is 1. The number of nitrogens with one attached hydrogen (secondary N) is 3. The standard InChI is InChI=1S/C25H22F2N4O2/c1-13-3-4-14(24(32)29-17-6-7-17)9-19(13)20-10-15-12-28-31(2)23(22(15)30-25(20)33)18-8-5-16(26)11-21(18)27/h3-5,8-12,17,28H,6-7H2,1-2H3,(H,29,32)(H,30,33). The average Bonchev–Trinajstić information content (AvgIpc) is 3.59. The number of nitrogens with zero attached hydrogens (tertiary/aromatic N) is 1. The summed E-state index contributed by atoms with van der Waals surface area (Å²) in [6.45, 7) is 1.87. The van der Waals surface area contributed by atoms with Gasteiger partial charge in [-0.1, -0.05) is 6.07 Å². The number of hydrogen-bond acceptors (Lipinski definition) is 4. The van der Waals surface area contributed by atoms with Crippen LogP contribution in [0.3, 0.4) is 0 Å². The van der Waals surface area contributed by atoms with Gasteiger partial charge in [0.1, 0.15) is 11.6 Å². The van der Waals surface area contributed by atoms with Gasteiger partial charge in [0.25, 0.3) is 11.5 Å². The maximum atomic E-state index is 14.6. The Balaban J connectivity index is 1.67. The van der Waals surface area contributed by atoms with E-state index in [9.17, 15) is 18.4 Å². The number of aromatic nitrogens is 1. The second-order valence-electron chi connectivity index (χ2n) is 8.43. The Kier molecular flexibility index (Phi) is 5.00. The highest BCUT2D eigenvalue weighted by Gasteiger charge is 2.24. The predicted molar refractivity (Wildman–Crippen MR) is 121 cm³/mol. The van der Waals surface area contributed by atoms with E-state index in [1.807, 2.05) is 13.0 Å². The molecule has 3 N–H and O–H groups in total. The van der Waals surface area contributed by atoms with Crippen molar-refractivity contribution in [3.63, 3.8) is 0 Å². The number of aromatic amines is 1. The van der Waals surface area contributed by atoms with E-state index >= 15 is 0 Å². The Morgan fingerprint density at radius 2 is 1.85 bits per heavy atom. The first kappa shape index (κ1) is 20.9. The fraction of sp³-hybridized carbons (Fsp3) is 0.200. The highest BCUT2D eigenvalue weighted by Crippen LogP contribution is 2.24. The normalized spacial score (nSPS) is 14.9. The molecular weight excluding hydrogens is 426 g/mol. The molecule has 0 atom stereocenters. The number of hydrogen-bond donors (Lipinski definition) is 3. The van der Waals surface area contributed by atoms with Gasteiger partial charge in [0.05, 0.1) is 11.0 Å². The summed E-state index contributed by atoms with van der Waals surface area (Å²) in [5.74, 6) is -1.58. The minimum absolute atomic E-state index is 0.152. The van der Waals surface area contributed by atoms with Crippen molar-refractivity contribution < 1.29 is 13.6 Å². The first-order valence-corrected chi connectivity index (χ1v) is 10.7. The van der Waals surface area contributed by atoms with Gasteiger partial charge in [-0.3, -0.25) is 14.6 Å². The molecule has 3 aromatic rings. The van der Waals surface area contributed by atoms with E-state index in [1.165, 1.54) is 12.1 Å². The zero-order chi connectivity index (χ0) is 23.3. The third kappa shape index (κ3) is 3.88. The summed E-state index contributed by atoms with van der Waals surface area (Å²) in [5, 5.41) is 5.56. The van der Waals surface area contributed by atoms with Crippen LogP contribution in [0.1, 0.15) is 34.3 Å². The first-order chi connectivity index (χ1) is 15.8. The van der Waals surface area contributed by atoms with Gasteiger partial charge in [0.2, 0.25) is 0 Å². The molecule has 1 aromatic heterocycles. The topological polar surface area (TPSA) is 77.2 Å². The molecule has 2 heterocycles. The van der Waals surface area contributed by atoms with E-state index in [4.69, 9.17) is 0 Å². The lowest BCUT2D eigenvalue weighted by Gasteiger charge is -2.26. The molecule has 1 aliphatic heterocycles. The lowest BCUT2D eigenvalue weighted by molar-refractivity contribution is 0.0951. The Morgan fingerprint density at radius 3 is 2.58 bits per heavy atom. The predicted octanol–water partition coefficient (Wildman–Crippen LogP) is 1.87. The molecule has 0 unspecified atom stereocenters. The molecule has 0 radical (unpaired) electrons. The van der Waals surface area contributed by atoms with Crippen LogP contribution < -0.4 is 26.9 Å². The third-order valence-corrected chi connectivity index (χ3v) is 5.95. The molecule has 1 fully saturated rings. The lowest BCUT2D eigenvalue weighted by Crippen LogP contribution is -2.48. The zero-order valence-electron chi connectivity index (χ0n) is 18.1. The van der Waals surface area contributed by atoms with Crippen molar-refractivity contribution in [2.45, 2.75) is 25.8 Å². The van der Waals surface area contributed by atoms with Gasteiger partial charge in [-0.2, -0.15) is 0 Å². The molecule has 2 aliphatic rings. The number of rotatable bonds is 4. The fourth-order valence-electron chi connectivity index (χ4n) is 4.00. The van der Waals surface area contributed by atoms with Crippen LogP contribution in [0.25, 0.3) is 23.0 Å². The van der Waals surface area contributed by atoms with E-state index in [1.54, 1.807) is 36.5 Å². The van der Waals surface area contributed by atoms with Crippen molar-refractivity contribution in [1.29, 1.82) is 0 Å². The number of aryl methyl sites for hydroxylation is 1. The maximum absolute atomic E-state index is 14.6. The Morgan fingerprint density at radius 1 is 1.06 bits per heavy atom. The molecule has 0 spiro atoms. The minimum atomic E-state index is -0.735. The number of H-pyrrole nitrogens is 1. The van der Waals surface area contributed by atoms with Crippen LogP contribution in [0.5, 0.6) is 0 Å². The van der Waals surface area contributed by atoms with Crippen LogP contribution in [-0.4, -0.2) is 29.0 Å². The molecule has 1 aliphatic carbocycles. The third-order valence-electron chi connectivity index (χ3n) is 5.95. The summed E-state index contributed by atoms with van der Waals surface area (Å²) in [7, 11) is 1.68. The van der Waals surface area contributed by atoms with Crippen LogP contribution in [0.2, 0.25) is 0 Å². The fourth-order valence-corrected chi connectivity index (χ4v) is 4.00. The number of amides is 1. The number of halogens is 2. The number of carbonyl (C=O) groups is 1. The first-order valence-electron chi connectivity index (χ1n) is 10.7. The van der Waals surface area contributed by atoms with E-state index in [0.29, 0.717) is 33.0 Å². The largest absolute Gasteiger partial charge is 0.349 e. The summed E-state index contributed by atoms with van der Waals surface area (Å²) >= 11 is 0. The Bertz CT molecular complexity index is 1470. The second-order valence-corrected chi connectivity index (χ2v) is 8.43. The summed E-state index contributed by atoms with van der Waals surface area (Å²) < 4.78 is 28.0. The van der Waals surface area contributed by atoms with Crippen LogP contribution in [0.15, 0.2) is 47.3 Å². The zero-order valence-corrected chi connectivity index (χ0v) is 18.1. The van der Waals surface area contributed by atoms with Gasteiger partial charge in [0, 0.05) is 47.3 Å². The quantitative estimate of drug-likeness (QED) is 0.570. The van der Waals surface area contributed by atoms with Crippen LogP contribution >= 0.6 is 0 Å². The van der Waals surface area contributed by atoms with Crippen LogP contribution in [-0.2, 0) is 0 Å². The van der Waals surface area contributed by atoms with Gasteiger partial charge < -0.3 is 15.7 Å². The molecule has 2 aromatic carbocycles. The summed E-state index contributed by atoms with van der Waals surface area (Å²) in [6, 6.07) is 10.5. The summed E-state index contributed by atoms with van der Waals surface area (Å²) in [6.07, 6.45) is 3.66. The van der Waals surface area contributed by atoms with Crippen molar-refractivity contribution in [3.05, 3.63) is 91.7 Å².